The zero-order valence-electron chi connectivity index (χ0n) is 15.1. The van der Waals surface area contributed by atoms with Crippen molar-refractivity contribution in [2.24, 2.45) is 4.99 Å². The summed E-state index contributed by atoms with van der Waals surface area (Å²) in [5.41, 5.74) is 2.30. The second-order valence-electron chi connectivity index (χ2n) is 5.77. The van der Waals surface area contributed by atoms with E-state index in [0.29, 0.717) is 6.54 Å². The average molecular weight is 347 g/mol. The number of aromatic nitrogens is 2. The lowest BCUT2D eigenvalue weighted by atomic mass is 10.2. The molecule has 24 heavy (non-hydrogen) atoms. The predicted octanol–water partition coefficient (Wildman–Crippen LogP) is 2.13. The van der Waals surface area contributed by atoms with Crippen molar-refractivity contribution in [3.63, 3.8) is 0 Å². The van der Waals surface area contributed by atoms with Gasteiger partial charge in [-0.05, 0) is 31.5 Å². The smallest absolute Gasteiger partial charge is 0.191 e. The Hall–Kier alpha value is -2.15. The van der Waals surface area contributed by atoms with Crippen LogP contribution in [0.25, 0.3) is 0 Å². The molecule has 0 amide bonds. The molecule has 0 radical (unpaired) electrons. The van der Waals surface area contributed by atoms with Gasteiger partial charge >= 0.3 is 0 Å². The fraction of sp³-hybridized carbons (Fsp3) is 0.471. The van der Waals surface area contributed by atoms with Crippen molar-refractivity contribution in [3.05, 3.63) is 39.5 Å². The van der Waals surface area contributed by atoms with Gasteiger partial charge in [-0.25, -0.2) is 9.97 Å². The van der Waals surface area contributed by atoms with Gasteiger partial charge < -0.3 is 15.5 Å². The second-order valence-corrected chi connectivity index (χ2v) is 7.06. The number of hydrogen-bond donors (Lipinski definition) is 2. The highest BCUT2D eigenvalue weighted by molar-refractivity contribution is 7.11. The van der Waals surface area contributed by atoms with Crippen LogP contribution in [-0.2, 0) is 13.0 Å². The number of guanidine groups is 1. The normalized spacial score (nSPS) is 11.5. The largest absolute Gasteiger partial charge is 0.363 e. The molecule has 2 aromatic rings. The Labute approximate surface area is 148 Å². The molecule has 0 bridgehead atoms. The van der Waals surface area contributed by atoms with E-state index >= 15 is 0 Å². The van der Waals surface area contributed by atoms with Gasteiger partial charge in [0.25, 0.3) is 0 Å². The molecule has 0 saturated heterocycles. The van der Waals surface area contributed by atoms with Crippen LogP contribution in [0.4, 0.5) is 5.82 Å². The lowest BCUT2D eigenvalue weighted by Gasteiger charge is -2.14. The predicted molar refractivity (Wildman–Crippen MR) is 102 cm³/mol. The second kappa shape index (κ2) is 8.63. The molecule has 0 unspecified atom stereocenters. The molecule has 2 N–H and O–H groups in total. The Bertz CT molecular complexity index is 673. The molecule has 130 valence electrons. The number of nitrogens with one attached hydrogen (secondary N) is 2. The van der Waals surface area contributed by atoms with E-state index in [1.165, 1.54) is 10.4 Å². The lowest BCUT2D eigenvalue weighted by molar-refractivity contribution is 0.790. The van der Waals surface area contributed by atoms with Crippen molar-refractivity contribution < 1.29 is 0 Å². The van der Waals surface area contributed by atoms with Gasteiger partial charge in [-0.3, -0.25) is 4.99 Å². The van der Waals surface area contributed by atoms with Gasteiger partial charge in [0.2, 0.25) is 0 Å². The number of aliphatic imine (C=N–C) groups is 1. The third kappa shape index (κ3) is 5.19. The van der Waals surface area contributed by atoms with E-state index in [2.05, 4.69) is 45.5 Å². The Balaban J connectivity index is 1.81. The molecule has 0 spiro atoms. The number of anilines is 1. The van der Waals surface area contributed by atoms with Crippen LogP contribution < -0.4 is 15.5 Å². The summed E-state index contributed by atoms with van der Waals surface area (Å²) in [4.78, 5) is 16.4. The number of aryl methyl sites for hydroxylation is 2. The number of rotatable bonds is 6. The summed E-state index contributed by atoms with van der Waals surface area (Å²) in [6.45, 7) is 5.69. The summed E-state index contributed by atoms with van der Waals surface area (Å²) in [6.07, 6.45) is 2.73. The first kappa shape index (κ1) is 18.2. The number of pyridine rings is 1. The third-order valence-electron chi connectivity index (χ3n) is 3.66. The summed E-state index contributed by atoms with van der Waals surface area (Å²) in [6, 6.07) is 4.08. The summed E-state index contributed by atoms with van der Waals surface area (Å²) >= 11 is 1.77. The first-order valence-electron chi connectivity index (χ1n) is 7.99. The molecule has 2 heterocycles. The van der Waals surface area contributed by atoms with E-state index in [0.717, 1.165) is 35.4 Å². The molecule has 0 aromatic carbocycles. The van der Waals surface area contributed by atoms with Gasteiger partial charge in [0.05, 0.1) is 10.7 Å². The van der Waals surface area contributed by atoms with Gasteiger partial charge in [0.15, 0.2) is 5.96 Å². The van der Waals surface area contributed by atoms with E-state index in [4.69, 9.17) is 0 Å². The van der Waals surface area contributed by atoms with Gasteiger partial charge in [-0.2, -0.15) is 0 Å². The van der Waals surface area contributed by atoms with Gasteiger partial charge in [0, 0.05) is 51.7 Å². The lowest BCUT2D eigenvalue weighted by Crippen LogP contribution is -2.37. The molecular weight excluding hydrogens is 320 g/mol. The fourth-order valence-corrected chi connectivity index (χ4v) is 3.09. The van der Waals surface area contributed by atoms with Crippen LogP contribution in [0, 0.1) is 13.8 Å². The van der Waals surface area contributed by atoms with Crippen LogP contribution in [0.3, 0.4) is 0 Å². The summed E-state index contributed by atoms with van der Waals surface area (Å²) in [5.74, 6) is 1.75. The van der Waals surface area contributed by atoms with Crippen LogP contribution in [-0.4, -0.2) is 43.6 Å². The van der Waals surface area contributed by atoms with E-state index in [9.17, 15) is 0 Å². The highest BCUT2D eigenvalue weighted by atomic mass is 32.1. The van der Waals surface area contributed by atoms with Crippen LogP contribution in [0.15, 0.2) is 23.3 Å². The SMILES string of the molecule is CN=C(NCCc1nc(C)c(C)s1)NCc1ccnc(N(C)C)c1. The molecule has 0 atom stereocenters. The Kier molecular flexibility index (Phi) is 6.54. The highest BCUT2D eigenvalue weighted by Gasteiger charge is 2.05. The van der Waals surface area contributed by atoms with Crippen LogP contribution >= 0.6 is 11.3 Å². The molecule has 2 rings (SSSR count). The monoisotopic (exact) mass is 346 g/mol. The standard InChI is InChI=1S/C17H26N6S/c1-12-13(2)24-16(22-12)7-9-20-17(18-3)21-11-14-6-8-19-15(10-14)23(4)5/h6,8,10H,7,9,11H2,1-5H3,(H2,18,20,21). The van der Waals surface area contributed by atoms with Crippen molar-refractivity contribution in [3.8, 4) is 0 Å². The molecule has 0 aliphatic rings. The van der Waals surface area contributed by atoms with Crippen molar-refractivity contribution in [2.45, 2.75) is 26.8 Å². The fourth-order valence-electron chi connectivity index (χ4n) is 2.16. The molecule has 6 nitrogen and oxygen atoms in total. The number of hydrogen-bond acceptors (Lipinski definition) is 5. The van der Waals surface area contributed by atoms with E-state index in [-0.39, 0.29) is 0 Å². The molecular formula is C17H26N6S. The maximum atomic E-state index is 4.56. The first-order chi connectivity index (χ1) is 11.5. The Morgan fingerprint density at radius 2 is 2.08 bits per heavy atom. The summed E-state index contributed by atoms with van der Waals surface area (Å²) in [7, 11) is 5.76. The topological polar surface area (TPSA) is 65.4 Å². The van der Waals surface area contributed by atoms with Gasteiger partial charge in [-0.1, -0.05) is 0 Å². The molecule has 0 saturated carbocycles. The van der Waals surface area contributed by atoms with Crippen molar-refractivity contribution in [2.75, 3.05) is 32.6 Å². The maximum absolute atomic E-state index is 4.56. The molecule has 0 aliphatic carbocycles. The first-order valence-corrected chi connectivity index (χ1v) is 8.81. The third-order valence-corrected chi connectivity index (χ3v) is 4.79. The summed E-state index contributed by atoms with van der Waals surface area (Å²) < 4.78 is 0. The van der Waals surface area contributed by atoms with Crippen molar-refractivity contribution >= 4 is 23.1 Å². The van der Waals surface area contributed by atoms with E-state index < -0.39 is 0 Å². The Morgan fingerprint density at radius 3 is 2.71 bits per heavy atom. The number of nitrogens with zero attached hydrogens (tertiary/aromatic N) is 4. The molecule has 7 heteroatoms. The highest BCUT2D eigenvalue weighted by Crippen LogP contribution is 2.16. The van der Waals surface area contributed by atoms with Crippen LogP contribution in [0.1, 0.15) is 21.1 Å². The summed E-state index contributed by atoms with van der Waals surface area (Å²) in [5, 5.41) is 7.83. The zero-order chi connectivity index (χ0) is 17.5. The van der Waals surface area contributed by atoms with E-state index in [1.54, 1.807) is 18.4 Å². The number of thiazole rings is 1. The van der Waals surface area contributed by atoms with Gasteiger partial charge in [-0.15, -0.1) is 11.3 Å². The zero-order valence-corrected chi connectivity index (χ0v) is 15.9. The molecule has 0 aliphatic heterocycles. The van der Waals surface area contributed by atoms with E-state index in [1.807, 2.05) is 31.3 Å². The van der Waals surface area contributed by atoms with Crippen LogP contribution in [0.5, 0.6) is 0 Å². The molecule has 0 fully saturated rings. The van der Waals surface area contributed by atoms with Gasteiger partial charge in [0.1, 0.15) is 5.82 Å². The van der Waals surface area contributed by atoms with Crippen molar-refractivity contribution in [1.82, 2.24) is 20.6 Å². The average Bonchev–Trinajstić information content (AvgIpc) is 2.89. The minimum Gasteiger partial charge on any atom is -0.363 e. The maximum Gasteiger partial charge on any atom is 0.191 e. The Morgan fingerprint density at radius 1 is 1.29 bits per heavy atom. The molecule has 2 aromatic heterocycles. The van der Waals surface area contributed by atoms with Crippen LogP contribution in [0.2, 0.25) is 0 Å². The minimum absolute atomic E-state index is 0.707. The quantitative estimate of drug-likeness (QED) is 0.620. The minimum atomic E-state index is 0.707. The van der Waals surface area contributed by atoms with Crippen molar-refractivity contribution in [1.29, 1.82) is 0 Å².